The lowest BCUT2D eigenvalue weighted by Crippen LogP contribution is -2.21. The third-order valence-electron chi connectivity index (χ3n) is 2.97. The summed E-state index contributed by atoms with van der Waals surface area (Å²) >= 11 is 0. The largest absolute Gasteiger partial charge is 0.326 e. The molecule has 84 valence electrons. The lowest BCUT2D eigenvalue weighted by molar-refractivity contribution is -0.114. The second-order valence-corrected chi connectivity index (χ2v) is 4.25. The van der Waals surface area contributed by atoms with Gasteiger partial charge in [-0.05, 0) is 37.1 Å². The monoisotopic (exact) mass is 217 g/mol. The van der Waals surface area contributed by atoms with Crippen molar-refractivity contribution in [1.29, 1.82) is 0 Å². The summed E-state index contributed by atoms with van der Waals surface area (Å²) in [6.45, 7) is 1.47. The number of anilines is 1. The fourth-order valence-electron chi connectivity index (χ4n) is 1.83. The van der Waals surface area contributed by atoms with E-state index in [9.17, 15) is 9.59 Å². The molecule has 1 aromatic carbocycles. The molecule has 1 amide bonds. The third kappa shape index (κ3) is 2.30. The molecule has 3 nitrogen and oxygen atoms in total. The standard InChI is InChI=1S/C13H15NO2/c1-9(15)14-12-7-5-11(6-8-12)13(16)10-3-2-4-10/h5-8,10H,2-4H2,1H3,(H,14,15). The summed E-state index contributed by atoms with van der Waals surface area (Å²) < 4.78 is 0. The van der Waals surface area contributed by atoms with Gasteiger partial charge >= 0.3 is 0 Å². The molecule has 0 aliphatic heterocycles. The number of Topliss-reactive ketones (excluding diaryl/α,β-unsaturated/α-hetero) is 1. The molecule has 0 bridgehead atoms. The molecule has 0 unspecified atom stereocenters. The van der Waals surface area contributed by atoms with E-state index in [-0.39, 0.29) is 17.6 Å². The number of hydrogen-bond donors (Lipinski definition) is 1. The fourth-order valence-corrected chi connectivity index (χ4v) is 1.83. The van der Waals surface area contributed by atoms with Crippen LogP contribution in [0.3, 0.4) is 0 Å². The Morgan fingerprint density at radius 2 is 1.81 bits per heavy atom. The molecule has 0 radical (unpaired) electrons. The first-order valence-electron chi connectivity index (χ1n) is 5.58. The highest BCUT2D eigenvalue weighted by molar-refractivity contribution is 5.99. The average molecular weight is 217 g/mol. The third-order valence-corrected chi connectivity index (χ3v) is 2.97. The minimum atomic E-state index is -0.0990. The van der Waals surface area contributed by atoms with E-state index < -0.39 is 0 Å². The van der Waals surface area contributed by atoms with E-state index in [2.05, 4.69) is 5.32 Å². The molecule has 0 spiro atoms. The molecule has 1 fully saturated rings. The van der Waals surface area contributed by atoms with Gasteiger partial charge in [-0.1, -0.05) is 6.42 Å². The second kappa shape index (κ2) is 4.47. The number of benzene rings is 1. The Bertz CT molecular complexity index is 404. The van der Waals surface area contributed by atoms with Crippen molar-refractivity contribution in [2.75, 3.05) is 5.32 Å². The van der Waals surface area contributed by atoms with Crippen LogP contribution in [0.25, 0.3) is 0 Å². The zero-order valence-electron chi connectivity index (χ0n) is 9.32. The highest BCUT2D eigenvalue weighted by Gasteiger charge is 2.25. The van der Waals surface area contributed by atoms with E-state index in [1.54, 1.807) is 24.3 Å². The van der Waals surface area contributed by atoms with Gasteiger partial charge in [-0.3, -0.25) is 9.59 Å². The van der Waals surface area contributed by atoms with Crippen molar-refractivity contribution in [3.8, 4) is 0 Å². The fraction of sp³-hybridized carbons (Fsp3) is 0.385. The summed E-state index contributed by atoms with van der Waals surface area (Å²) in [7, 11) is 0. The van der Waals surface area contributed by atoms with E-state index in [4.69, 9.17) is 0 Å². The maximum atomic E-state index is 11.9. The zero-order chi connectivity index (χ0) is 11.5. The normalized spacial score (nSPS) is 15.3. The Hall–Kier alpha value is -1.64. The van der Waals surface area contributed by atoms with Crippen molar-refractivity contribution in [3.05, 3.63) is 29.8 Å². The van der Waals surface area contributed by atoms with E-state index in [0.29, 0.717) is 0 Å². The van der Waals surface area contributed by atoms with Gasteiger partial charge in [0.05, 0.1) is 0 Å². The van der Waals surface area contributed by atoms with Crippen LogP contribution in [0, 0.1) is 5.92 Å². The number of amides is 1. The van der Waals surface area contributed by atoms with Gasteiger partial charge in [0.15, 0.2) is 5.78 Å². The molecule has 0 aromatic heterocycles. The van der Waals surface area contributed by atoms with Gasteiger partial charge in [-0.15, -0.1) is 0 Å². The molecule has 1 N–H and O–H groups in total. The summed E-state index contributed by atoms with van der Waals surface area (Å²) in [5.41, 5.74) is 1.48. The molecule has 0 heterocycles. The van der Waals surface area contributed by atoms with Crippen LogP contribution in [-0.2, 0) is 4.79 Å². The summed E-state index contributed by atoms with van der Waals surface area (Å²) in [6.07, 6.45) is 3.21. The van der Waals surface area contributed by atoms with Crippen LogP contribution in [0.5, 0.6) is 0 Å². The van der Waals surface area contributed by atoms with Crippen LogP contribution in [0.2, 0.25) is 0 Å². The first-order valence-corrected chi connectivity index (χ1v) is 5.58. The minimum absolute atomic E-state index is 0.0990. The molecule has 1 aliphatic carbocycles. The minimum Gasteiger partial charge on any atom is -0.326 e. The number of hydrogen-bond acceptors (Lipinski definition) is 2. The first-order chi connectivity index (χ1) is 7.66. The van der Waals surface area contributed by atoms with Gasteiger partial charge in [0.2, 0.25) is 5.91 Å². The van der Waals surface area contributed by atoms with Gasteiger partial charge in [-0.2, -0.15) is 0 Å². The van der Waals surface area contributed by atoms with E-state index in [1.807, 2.05) is 0 Å². The SMILES string of the molecule is CC(=O)Nc1ccc(C(=O)C2CCC2)cc1. The maximum Gasteiger partial charge on any atom is 0.221 e. The molecule has 2 rings (SSSR count). The van der Waals surface area contributed by atoms with Gasteiger partial charge in [0, 0.05) is 24.1 Å². The Morgan fingerprint density at radius 3 is 2.25 bits per heavy atom. The first kappa shape index (κ1) is 10.9. The molecule has 1 aliphatic rings. The Kier molecular flexibility index (Phi) is 3.04. The summed E-state index contributed by atoms with van der Waals surface area (Å²) in [5.74, 6) is 0.366. The molecule has 3 heteroatoms. The maximum absolute atomic E-state index is 11.9. The van der Waals surface area contributed by atoms with Crippen LogP contribution in [0.1, 0.15) is 36.5 Å². The van der Waals surface area contributed by atoms with Crippen molar-refractivity contribution in [3.63, 3.8) is 0 Å². The van der Waals surface area contributed by atoms with Crippen molar-refractivity contribution in [1.82, 2.24) is 0 Å². The van der Waals surface area contributed by atoms with Crippen LogP contribution in [-0.4, -0.2) is 11.7 Å². The zero-order valence-corrected chi connectivity index (χ0v) is 9.32. The molecule has 0 atom stereocenters. The highest BCUT2D eigenvalue weighted by atomic mass is 16.1. The number of rotatable bonds is 3. The van der Waals surface area contributed by atoms with Crippen LogP contribution >= 0.6 is 0 Å². The van der Waals surface area contributed by atoms with E-state index in [0.717, 1.165) is 24.1 Å². The van der Waals surface area contributed by atoms with Gasteiger partial charge in [-0.25, -0.2) is 0 Å². The number of carbonyl (C=O) groups is 2. The van der Waals surface area contributed by atoms with Crippen LogP contribution in [0.15, 0.2) is 24.3 Å². The summed E-state index contributed by atoms with van der Waals surface area (Å²) in [6, 6.07) is 7.11. The van der Waals surface area contributed by atoms with Gasteiger partial charge in [0.25, 0.3) is 0 Å². The Balaban J connectivity index is 2.06. The van der Waals surface area contributed by atoms with Crippen LogP contribution in [0.4, 0.5) is 5.69 Å². The van der Waals surface area contributed by atoms with Crippen molar-refractivity contribution < 1.29 is 9.59 Å². The molecular weight excluding hydrogens is 202 g/mol. The van der Waals surface area contributed by atoms with Gasteiger partial charge in [0.1, 0.15) is 0 Å². The lowest BCUT2D eigenvalue weighted by atomic mass is 9.80. The van der Waals surface area contributed by atoms with E-state index in [1.165, 1.54) is 13.3 Å². The summed E-state index contributed by atoms with van der Waals surface area (Å²) in [4.78, 5) is 22.7. The van der Waals surface area contributed by atoms with Gasteiger partial charge < -0.3 is 5.32 Å². The lowest BCUT2D eigenvalue weighted by Gasteiger charge is -2.23. The predicted molar refractivity (Wildman–Crippen MR) is 62.4 cm³/mol. The smallest absolute Gasteiger partial charge is 0.221 e. The van der Waals surface area contributed by atoms with Crippen LogP contribution < -0.4 is 5.32 Å². The quantitative estimate of drug-likeness (QED) is 0.791. The van der Waals surface area contributed by atoms with Crippen molar-refractivity contribution in [2.24, 2.45) is 5.92 Å². The topological polar surface area (TPSA) is 46.2 Å². The van der Waals surface area contributed by atoms with E-state index >= 15 is 0 Å². The molecule has 1 saturated carbocycles. The molecule has 16 heavy (non-hydrogen) atoms. The van der Waals surface area contributed by atoms with Crippen molar-refractivity contribution >= 4 is 17.4 Å². The predicted octanol–water partition coefficient (Wildman–Crippen LogP) is 2.63. The highest BCUT2D eigenvalue weighted by Crippen LogP contribution is 2.29. The second-order valence-electron chi connectivity index (χ2n) is 4.25. The Labute approximate surface area is 94.9 Å². The number of ketones is 1. The summed E-state index contributed by atoms with van der Waals surface area (Å²) in [5, 5.41) is 2.68. The Morgan fingerprint density at radius 1 is 1.19 bits per heavy atom. The number of nitrogens with one attached hydrogen (secondary N) is 1. The molecule has 0 saturated heterocycles. The van der Waals surface area contributed by atoms with Crippen molar-refractivity contribution in [2.45, 2.75) is 26.2 Å². The molecule has 1 aromatic rings. The number of carbonyl (C=O) groups excluding carboxylic acids is 2. The molecular formula is C13H15NO2. The average Bonchev–Trinajstić information content (AvgIpc) is 2.15.